The highest BCUT2D eigenvalue weighted by Crippen LogP contribution is 2.23. The molecule has 1 aliphatic rings. The van der Waals surface area contributed by atoms with E-state index in [2.05, 4.69) is 4.72 Å². The van der Waals surface area contributed by atoms with Crippen molar-refractivity contribution >= 4 is 20.0 Å². The van der Waals surface area contributed by atoms with Crippen molar-refractivity contribution in [2.24, 2.45) is 0 Å². The van der Waals surface area contributed by atoms with Gasteiger partial charge in [-0.25, -0.2) is 21.6 Å². The number of hydrogen-bond acceptors (Lipinski definition) is 4. The van der Waals surface area contributed by atoms with Gasteiger partial charge >= 0.3 is 0 Å². The van der Waals surface area contributed by atoms with Gasteiger partial charge in [-0.2, -0.15) is 4.31 Å². The van der Waals surface area contributed by atoms with Gasteiger partial charge in [0.05, 0.1) is 9.79 Å². The van der Waals surface area contributed by atoms with Crippen LogP contribution in [-0.2, 0) is 20.0 Å². The smallest absolute Gasteiger partial charge is 0.208 e. The lowest BCUT2D eigenvalue weighted by molar-refractivity contribution is 0.308. The van der Waals surface area contributed by atoms with Crippen molar-refractivity contribution in [1.82, 2.24) is 9.03 Å². The van der Waals surface area contributed by atoms with Crippen molar-refractivity contribution in [2.45, 2.75) is 42.5 Å². The molecule has 2 aromatic carbocycles. The number of nitrogens with zero attached hydrogens (tertiary/aromatic N) is 1. The van der Waals surface area contributed by atoms with Gasteiger partial charge in [0, 0.05) is 19.1 Å². The minimum absolute atomic E-state index is 0.218. The van der Waals surface area contributed by atoms with Crippen molar-refractivity contribution in [3.8, 4) is 0 Å². The van der Waals surface area contributed by atoms with Crippen LogP contribution in [0.3, 0.4) is 0 Å². The van der Waals surface area contributed by atoms with Gasteiger partial charge < -0.3 is 0 Å². The van der Waals surface area contributed by atoms with Crippen LogP contribution in [0.5, 0.6) is 0 Å². The highest BCUT2D eigenvalue weighted by molar-refractivity contribution is 7.89. The van der Waals surface area contributed by atoms with Crippen LogP contribution in [-0.4, -0.2) is 40.3 Å². The van der Waals surface area contributed by atoms with Crippen molar-refractivity contribution in [2.75, 3.05) is 13.1 Å². The number of rotatable bonds is 5. The Morgan fingerprint density at radius 1 is 0.852 bits per heavy atom. The Balaban J connectivity index is 1.67. The predicted octanol–water partition coefficient (Wildman–Crippen LogP) is 2.44. The van der Waals surface area contributed by atoms with E-state index in [1.165, 1.54) is 4.31 Å². The van der Waals surface area contributed by atoms with E-state index in [1.54, 1.807) is 42.5 Å². The minimum atomic E-state index is -3.59. The molecule has 3 rings (SSSR count). The van der Waals surface area contributed by atoms with E-state index in [0.717, 1.165) is 11.1 Å². The van der Waals surface area contributed by atoms with Crippen molar-refractivity contribution < 1.29 is 16.8 Å². The van der Waals surface area contributed by atoms with Gasteiger partial charge in [-0.3, -0.25) is 0 Å². The highest BCUT2D eigenvalue weighted by atomic mass is 32.2. The summed E-state index contributed by atoms with van der Waals surface area (Å²) < 4.78 is 54.7. The molecule has 27 heavy (non-hydrogen) atoms. The predicted molar refractivity (Wildman–Crippen MR) is 104 cm³/mol. The summed E-state index contributed by atoms with van der Waals surface area (Å²) in [6, 6.07) is 13.0. The van der Waals surface area contributed by atoms with E-state index in [0.29, 0.717) is 12.8 Å². The maximum absolute atomic E-state index is 12.9. The average molecular weight is 409 g/mol. The normalized spacial score (nSPS) is 17.1. The summed E-state index contributed by atoms with van der Waals surface area (Å²) in [6.07, 6.45) is 0.881. The van der Waals surface area contributed by atoms with Gasteiger partial charge in [0.25, 0.3) is 0 Å². The van der Waals surface area contributed by atoms with E-state index in [-0.39, 0.29) is 28.9 Å². The molecule has 1 saturated heterocycles. The molecule has 0 atom stereocenters. The van der Waals surface area contributed by atoms with E-state index in [4.69, 9.17) is 0 Å². The van der Waals surface area contributed by atoms with Gasteiger partial charge in [-0.1, -0.05) is 24.3 Å². The number of sulfonamides is 2. The van der Waals surface area contributed by atoms with Crippen LogP contribution >= 0.6 is 0 Å². The zero-order chi connectivity index (χ0) is 19.7. The molecule has 0 aromatic heterocycles. The Kier molecular flexibility index (Phi) is 5.71. The van der Waals surface area contributed by atoms with E-state index < -0.39 is 20.0 Å². The van der Waals surface area contributed by atoms with Crippen LogP contribution in [0.25, 0.3) is 0 Å². The lowest BCUT2D eigenvalue weighted by Crippen LogP contribution is -2.46. The third-order valence-corrected chi connectivity index (χ3v) is 8.38. The monoisotopic (exact) mass is 408 g/mol. The molecular formula is C19H24N2O4S2. The highest BCUT2D eigenvalue weighted by Gasteiger charge is 2.31. The molecule has 0 bridgehead atoms. The second kappa shape index (κ2) is 7.71. The lowest BCUT2D eigenvalue weighted by Gasteiger charge is -2.31. The van der Waals surface area contributed by atoms with Gasteiger partial charge in [0.15, 0.2) is 0 Å². The average Bonchev–Trinajstić information content (AvgIpc) is 2.65. The number of piperidine rings is 1. The molecule has 1 fully saturated rings. The molecule has 1 aliphatic heterocycles. The van der Waals surface area contributed by atoms with Crippen LogP contribution in [0.2, 0.25) is 0 Å². The number of benzene rings is 2. The lowest BCUT2D eigenvalue weighted by atomic mass is 10.1. The first kappa shape index (κ1) is 20.0. The maximum Gasteiger partial charge on any atom is 0.243 e. The minimum Gasteiger partial charge on any atom is -0.208 e. The molecule has 8 heteroatoms. The standard InChI is InChI=1S/C19H24N2O4S2/c1-15-8-9-19(14-16(15)2)27(24,25)21-12-10-17(11-13-21)20-26(22,23)18-6-4-3-5-7-18/h3-9,14,17,20H,10-13H2,1-2H3. The summed E-state index contributed by atoms with van der Waals surface area (Å²) >= 11 is 0. The maximum atomic E-state index is 12.9. The summed E-state index contributed by atoms with van der Waals surface area (Å²) in [4.78, 5) is 0.504. The summed E-state index contributed by atoms with van der Waals surface area (Å²) in [6.45, 7) is 4.41. The first-order chi connectivity index (χ1) is 12.7. The molecule has 146 valence electrons. The Morgan fingerprint density at radius 2 is 1.48 bits per heavy atom. The van der Waals surface area contributed by atoms with E-state index >= 15 is 0 Å². The van der Waals surface area contributed by atoms with Crippen LogP contribution in [0.15, 0.2) is 58.3 Å². The van der Waals surface area contributed by atoms with Crippen molar-refractivity contribution in [3.05, 3.63) is 59.7 Å². The molecule has 6 nitrogen and oxygen atoms in total. The first-order valence-corrected chi connectivity index (χ1v) is 11.8. The molecule has 0 aliphatic carbocycles. The molecule has 0 radical (unpaired) electrons. The third kappa shape index (κ3) is 4.40. The second-order valence-electron chi connectivity index (χ2n) is 6.86. The zero-order valence-corrected chi connectivity index (χ0v) is 17.1. The number of nitrogens with one attached hydrogen (secondary N) is 1. The van der Waals surface area contributed by atoms with E-state index in [1.807, 2.05) is 19.9 Å². The Morgan fingerprint density at radius 3 is 2.07 bits per heavy atom. The second-order valence-corrected chi connectivity index (χ2v) is 10.5. The molecule has 1 N–H and O–H groups in total. The van der Waals surface area contributed by atoms with Gasteiger partial charge in [-0.15, -0.1) is 0 Å². The topological polar surface area (TPSA) is 83.6 Å². The Hall–Kier alpha value is -1.74. The van der Waals surface area contributed by atoms with Crippen molar-refractivity contribution in [1.29, 1.82) is 0 Å². The molecule has 0 saturated carbocycles. The molecular weight excluding hydrogens is 384 g/mol. The number of aryl methyl sites for hydroxylation is 2. The van der Waals surface area contributed by atoms with Crippen LogP contribution < -0.4 is 4.72 Å². The van der Waals surface area contributed by atoms with Gasteiger partial charge in [0.2, 0.25) is 20.0 Å². The fourth-order valence-electron chi connectivity index (χ4n) is 3.12. The zero-order valence-electron chi connectivity index (χ0n) is 15.4. The first-order valence-electron chi connectivity index (χ1n) is 8.85. The molecule has 0 spiro atoms. The van der Waals surface area contributed by atoms with Crippen molar-refractivity contribution in [3.63, 3.8) is 0 Å². The van der Waals surface area contributed by atoms with Gasteiger partial charge in [-0.05, 0) is 62.1 Å². The van der Waals surface area contributed by atoms with E-state index in [9.17, 15) is 16.8 Å². The molecule has 1 heterocycles. The van der Waals surface area contributed by atoms with Crippen LogP contribution in [0.4, 0.5) is 0 Å². The van der Waals surface area contributed by atoms with Crippen LogP contribution in [0, 0.1) is 13.8 Å². The molecule has 0 amide bonds. The summed E-state index contributed by atoms with van der Waals surface area (Å²) in [5.74, 6) is 0. The molecule has 2 aromatic rings. The Labute approximate surface area is 161 Å². The quantitative estimate of drug-likeness (QED) is 0.824. The van der Waals surface area contributed by atoms with Crippen LogP contribution in [0.1, 0.15) is 24.0 Å². The fraction of sp³-hybridized carbons (Fsp3) is 0.368. The summed E-state index contributed by atoms with van der Waals surface area (Å²) in [7, 11) is -7.16. The fourth-order valence-corrected chi connectivity index (χ4v) is 6.01. The number of hydrogen-bond donors (Lipinski definition) is 1. The largest absolute Gasteiger partial charge is 0.243 e. The summed E-state index contributed by atoms with van der Waals surface area (Å²) in [5, 5.41) is 0. The molecule has 0 unspecified atom stereocenters. The SMILES string of the molecule is Cc1ccc(S(=O)(=O)N2CCC(NS(=O)(=O)c3ccccc3)CC2)cc1C. The van der Waals surface area contributed by atoms with Gasteiger partial charge in [0.1, 0.15) is 0 Å². The third-order valence-electron chi connectivity index (χ3n) is 4.95. The summed E-state index contributed by atoms with van der Waals surface area (Å²) in [5.41, 5.74) is 1.98. The Bertz CT molecular complexity index is 1010.